The molecule has 1 N–H and O–H groups in total. The molecule has 0 unspecified atom stereocenters. The molecule has 0 spiro atoms. The normalized spacial score (nSPS) is 23.3. The van der Waals surface area contributed by atoms with Crippen molar-refractivity contribution in [3.8, 4) is 0 Å². The van der Waals surface area contributed by atoms with E-state index in [2.05, 4.69) is 12.4 Å². The summed E-state index contributed by atoms with van der Waals surface area (Å²) in [6, 6.07) is -0.435. The van der Waals surface area contributed by atoms with Gasteiger partial charge in [0.25, 0.3) is 5.91 Å². The zero-order valence-corrected chi connectivity index (χ0v) is 5.97. The van der Waals surface area contributed by atoms with Gasteiger partial charge < -0.3 is 4.90 Å². The molecule has 1 aliphatic rings. The van der Waals surface area contributed by atoms with E-state index in [1.165, 1.54) is 0 Å². The van der Waals surface area contributed by atoms with E-state index in [9.17, 15) is 9.59 Å². The molecule has 0 aromatic rings. The summed E-state index contributed by atoms with van der Waals surface area (Å²) in [5.41, 5.74) is -0.795. The second kappa shape index (κ2) is 1.71. The summed E-state index contributed by atoms with van der Waals surface area (Å²) >= 11 is 0. The third kappa shape index (κ3) is 0.683. The summed E-state index contributed by atoms with van der Waals surface area (Å²) in [5.74, 6) is -0.299. The van der Waals surface area contributed by atoms with Crippen molar-refractivity contribution >= 4 is 11.9 Å². The topological polar surface area (TPSA) is 49.4 Å². The molecular formula is C6H9N2O2. The van der Waals surface area contributed by atoms with E-state index in [0.29, 0.717) is 0 Å². The Labute approximate surface area is 59.2 Å². The monoisotopic (exact) mass is 141 g/mol. The molecule has 1 fully saturated rings. The molecule has 1 radical (unpaired) electrons. The number of urea groups is 1. The number of nitrogens with one attached hydrogen (secondary N) is 1. The van der Waals surface area contributed by atoms with Gasteiger partial charge in [-0.05, 0) is 13.8 Å². The maximum Gasteiger partial charge on any atom is 0.325 e. The van der Waals surface area contributed by atoms with Gasteiger partial charge in [0.1, 0.15) is 5.54 Å². The Morgan fingerprint density at radius 1 is 1.50 bits per heavy atom. The van der Waals surface area contributed by atoms with Crippen molar-refractivity contribution < 1.29 is 9.59 Å². The van der Waals surface area contributed by atoms with Crippen molar-refractivity contribution in [1.82, 2.24) is 10.2 Å². The molecule has 3 amide bonds. The minimum Gasteiger partial charge on any atom is -0.309 e. The lowest BCUT2D eigenvalue weighted by atomic mass is 10.1. The Hall–Kier alpha value is -1.06. The first kappa shape index (κ1) is 7.05. The standard InChI is InChI=1S/C6H9N2O2/c1-6(2)4(9)7-5(10)8(6)3/h3H2,1-2H3,(H,7,9,10). The predicted octanol–water partition coefficient (Wildman–Crippen LogP) is 0.108. The quantitative estimate of drug-likeness (QED) is 0.487. The van der Waals surface area contributed by atoms with E-state index < -0.39 is 11.6 Å². The van der Waals surface area contributed by atoms with Gasteiger partial charge in [-0.15, -0.1) is 0 Å². The average Bonchev–Trinajstić information content (AvgIpc) is 1.97. The molecule has 0 saturated carbocycles. The number of carbonyl (C=O) groups excluding carboxylic acids is 2. The van der Waals surface area contributed by atoms with Crippen LogP contribution in [0.5, 0.6) is 0 Å². The van der Waals surface area contributed by atoms with Crippen LogP contribution in [0.1, 0.15) is 13.8 Å². The molecule has 4 heteroatoms. The fourth-order valence-electron chi connectivity index (χ4n) is 0.694. The van der Waals surface area contributed by atoms with Gasteiger partial charge in [-0.1, -0.05) is 0 Å². The van der Waals surface area contributed by atoms with Crippen molar-refractivity contribution in [2.45, 2.75) is 19.4 Å². The number of rotatable bonds is 0. The Morgan fingerprint density at radius 3 is 2.10 bits per heavy atom. The highest BCUT2D eigenvalue weighted by atomic mass is 16.2. The summed E-state index contributed by atoms with van der Waals surface area (Å²) in [6.07, 6.45) is 0. The van der Waals surface area contributed by atoms with Gasteiger partial charge in [-0.2, -0.15) is 0 Å². The van der Waals surface area contributed by atoms with Crippen molar-refractivity contribution in [2.24, 2.45) is 0 Å². The first-order valence-corrected chi connectivity index (χ1v) is 2.92. The third-order valence-corrected chi connectivity index (χ3v) is 1.70. The second-order valence-corrected chi connectivity index (χ2v) is 2.75. The van der Waals surface area contributed by atoms with Crippen molar-refractivity contribution in [2.75, 3.05) is 0 Å². The van der Waals surface area contributed by atoms with Crippen LogP contribution < -0.4 is 5.32 Å². The minimum absolute atomic E-state index is 0.299. The Kier molecular flexibility index (Phi) is 1.21. The highest BCUT2D eigenvalue weighted by molar-refractivity contribution is 6.06. The maximum atomic E-state index is 10.9. The van der Waals surface area contributed by atoms with Crippen LogP contribution in [-0.4, -0.2) is 22.4 Å². The molecule has 0 aromatic carbocycles. The highest BCUT2D eigenvalue weighted by Crippen LogP contribution is 2.18. The molecule has 55 valence electrons. The number of hydrogen-bond acceptors (Lipinski definition) is 2. The predicted molar refractivity (Wildman–Crippen MR) is 34.8 cm³/mol. The lowest BCUT2D eigenvalue weighted by Gasteiger charge is -2.22. The van der Waals surface area contributed by atoms with E-state index in [0.717, 1.165) is 4.90 Å². The number of amides is 3. The van der Waals surface area contributed by atoms with E-state index in [1.54, 1.807) is 13.8 Å². The molecule has 0 aliphatic carbocycles. The van der Waals surface area contributed by atoms with Crippen LogP contribution in [0.25, 0.3) is 0 Å². The number of imide groups is 1. The summed E-state index contributed by atoms with van der Waals surface area (Å²) in [5, 5.41) is 2.14. The Morgan fingerprint density at radius 2 is 2.00 bits per heavy atom. The van der Waals surface area contributed by atoms with Crippen LogP contribution >= 0.6 is 0 Å². The van der Waals surface area contributed by atoms with Crippen LogP contribution in [0.4, 0.5) is 4.79 Å². The van der Waals surface area contributed by atoms with Gasteiger partial charge >= 0.3 is 6.03 Å². The van der Waals surface area contributed by atoms with Gasteiger partial charge in [0, 0.05) is 7.05 Å². The van der Waals surface area contributed by atoms with E-state index in [1.807, 2.05) is 0 Å². The second-order valence-electron chi connectivity index (χ2n) is 2.75. The van der Waals surface area contributed by atoms with Gasteiger partial charge in [-0.25, -0.2) is 4.79 Å². The van der Waals surface area contributed by atoms with Crippen LogP contribution in [-0.2, 0) is 4.79 Å². The molecule has 4 nitrogen and oxygen atoms in total. The van der Waals surface area contributed by atoms with Crippen LogP contribution in [0.3, 0.4) is 0 Å². The molecule has 1 rings (SSSR count). The number of carbonyl (C=O) groups is 2. The maximum absolute atomic E-state index is 10.9. The minimum atomic E-state index is -0.795. The molecule has 10 heavy (non-hydrogen) atoms. The van der Waals surface area contributed by atoms with Gasteiger partial charge in [0.2, 0.25) is 0 Å². The molecule has 0 aromatic heterocycles. The van der Waals surface area contributed by atoms with Crippen molar-refractivity contribution in [1.29, 1.82) is 0 Å². The number of nitrogens with zero attached hydrogens (tertiary/aromatic N) is 1. The zero-order valence-electron chi connectivity index (χ0n) is 5.97. The highest BCUT2D eigenvalue weighted by Gasteiger charge is 2.42. The summed E-state index contributed by atoms with van der Waals surface area (Å²) in [4.78, 5) is 22.8. The van der Waals surface area contributed by atoms with Crippen molar-refractivity contribution in [3.63, 3.8) is 0 Å². The average molecular weight is 141 g/mol. The molecule has 1 saturated heterocycles. The van der Waals surface area contributed by atoms with Crippen LogP contribution in [0, 0.1) is 7.05 Å². The first-order chi connectivity index (χ1) is 4.46. The fourth-order valence-corrected chi connectivity index (χ4v) is 0.694. The smallest absolute Gasteiger partial charge is 0.309 e. The largest absolute Gasteiger partial charge is 0.325 e. The summed E-state index contributed by atoms with van der Waals surface area (Å²) in [6.45, 7) is 3.28. The van der Waals surface area contributed by atoms with Crippen LogP contribution in [0.2, 0.25) is 0 Å². The van der Waals surface area contributed by atoms with E-state index >= 15 is 0 Å². The SMILES string of the molecule is [CH2]N1C(=O)NC(=O)C1(C)C. The van der Waals surface area contributed by atoms with Gasteiger partial charge in [0.05, 0.1) is 0 Å². The fraction of sp³-hybridized carbons (Fsp3) is 0.500. The van der Waals surface area contributed by atoms with Crippen molar-refractivity contribution in [3.05, 3.63) is 7.05 Å². The molecule has 1 heterocycles. The van der Waals surface area contributed by atoms with E-state index in [-0.39, 0.29) is 5.91 Å². The molecule has 0 bridgehead atoms. The lowest BCUT2D eigenvalue weighted by molar-refractivity contribution is -0.124. The zero-order chi connectivity index (χ0) is 7.94. The lowest BCUT2D eigenvalue weighted by Crippen LogP contribution is -2.40. The molecule has 1 aliphatic heterocycles. The summed E-state index contributed by atoms with van der Waals surface area (Å²) < 4.78 is 0. The van der Waals surface area contributed by atoms with Crippen LogP contribution in [0.15, 0.2) is 0 Å². The first-order valence-electron chi connectivity index (χ1n) is 2.92. The van der Waals surface area contributed by atoms with E-state index in [4.69, 9.17) is 0 Å². The van der Waals surface area contributed by atoms with Gasteiger partial charge in [-0.3, -0.25) is 10.1 Å². The Bertz CT molecular complexity index is 198. The number of hydrogen-bond donors (Lipinski definition) is 1. The molecule has 0 atom stereocenters. The summed E-state index contributed by atoms with van der Waals surface area (Å²) in [7, 11) is 3.42. The Balaban J connectivity index is 2.96. The van der Waals surface area contributed by atoms with Gasteiger partial charge in [0.15, 0.2) is 0 Å². The third-order valence-electron chi connectivity index (χ3n) is 1.70. The molecular weight excluding hydrogens is 132 g/mol.